The molecule has 1 aliphatic heterocycles. The van der Waals surface area contributed by atoms with Gasteiger partial charge >= 0.3 is 0 Å². The summed E-state index contributed by atoms with van der Waals surface area (Å²) in [4.78, 5) is 4.37. The van der Waals surface area contributed by atoms with Crippen molar-refractivity contribution in [3.63, 3.8) is 0 Å². The first kappa shape index (κ1) is 9.51. The lowest BCUT2D eigenvalue weighted by molar-refractivity contribution is 0.581. The lowest BCUT2D eigenvalue weighted by Gasteiger charge is -2.12. The van der Waals surface area contributed by atoms with Crippen molar-refractivity contribution in [1.29, 1.82) is 0 Å². The number of thioether (sulfide) groups is 1. The maximum atomic E-state index is 4.37. The summed E-state index contributed by atoms with van der Waals surface area (Å²) >= 11 is 1.79. The molecule has 0 aliphatic carbocycles. The third-order valence-corrected chi connectivity index (χ3v) is 2.93. The molecule has 2 heterocycles. The molecule has 0 radical (unpaired) electrons. The van der Waals surface area contributed by atoms with Gasteiger partial charge in [0.25, 0.3) is 0 Å². The van der Waals surface area contributed by atoms with Crippen molar-refractivity contribution in [3.05, 3.63) is 12.4 Å². The van der Waals surface area contributed by atoms with Crippen LogP contribution in [-0.2, 0) is 6.54 Å². The lowest BCUT2D eigenvalue weighted by Crippen LogP contribution is -2.27. The zero-order valence-electron chi connectivity index (χ0n) is 7.89. The smallest absolute Gasteiger partial charge is 0.156 e. The van der Waals surface area contributed by atoms with Crippen molar-refractivity contribution >= 4 is 16.9 Å². The second-order valence-electron chi connectivity index (χ2n) is 2.98. The summed E-state index contributed by atoms with van der Waals surface area (Å²) in [5.41, 5.74) is 0. The molecule has 1 aromatic heterocycles. The number of nitrogens with zero attached hydrogens (tertiary/aromatic N) is 4. The number of aromatic nitrogens is 3. The van der Waals surface area contributed by atoms with Crippen LogP contribution in [0.4, 0.5) is 0 Å². The lowest BCUT2D eigenvalue weighted by atomic mass is 10.5. The van der Waals surface area contributed by atoms with Gasteiger partial charge in [-0.05, 0) is 6.42 Å². The van der Waals surface area contributed by atoms with Gasteiger partial charge in [-0.2, -0.15) is 0 Å². The van der Waals surface area contributed by atoms with E-state index in [0.717, 1.165) is 24.8 Å². The van der Waals surface area contributed by atoms with Crippen LogP contribution >= 0.6 is 11.8 Å². The fourth-order valence-corrected chi connectivity index (χ4v) is 2.05. The second-order valence-corrected chi connectivity index (χ2v) is 4.07. The normalized spacial score (nSPS) is 16.4. The van der Waals surface area contributed by atoms with E-state index in [9.17, 15) is 0 Å². The standard InChI is InChI=1S/C8H13N5S/c1-2-9-8(14-7-1)10-3-5-13-6-4-11-12-13/h4,6H,1-3,5,7H2,(H,9,10). The largest absolute Gasteiger partial charge is 0.363 e. The van der Waals surface area contributed by atoms with Gasteiger partial charge in [0, 0.05) is 25.0 Å². The van der Waals surface area contributed by atoms with E-state index in [1.54, 1.807) is 22.6 Å². The van der Waals surface area contributed by atoms with Crippen LogP contribution < -0.4 is 5.32 Å². The van der Waals surface area contributed by atoms with Crippen LogP contribution in [0.5, 0.6) is 0 Å². The molecule has 0 spiro atoms. The zero-order valence-corrected chi connectivity index (χ0v) is 8.70. The van der Waals surface area contributed by atoms with Gasteiger partial charge in [0.15, 0.2) is 5.17 Å². The van der Waals surface area contributed by atoms with Crippen LogP contribution in [0.3, 0.4) is 0 Å². The maximum absolute atomic E-state index is 4.37. The van der Waals surface area contributed by atoms with Crippen LogP contribution in [-0.4, -0.2) is 39.0 Å². The Bertz CT molecular complexity index is 295. The van der Waals surface area contributed by atoms with Gasteiger partial charge in [-0.15, -0.1) is 5.10 Å². The van der Waals surface area contributed by atoms with Crippen molar-refractivity contribution < 1.29 is 0 Å². The molecule has 0 aromatic carbocycles. The van der Waals surface area contributed by atoms with Crippen molar-refractivity contribution in [2.75, 3.05) is 18.8 Å². The molecule has 14 heavy (non-hydrogen) atoms. The van der Waals surface area contributed by atoms with Crippen molar-refractivity contribution in [2.45, 2.75) is 13.0 Å². The first-order chi connectivity index (χ1) is 6.95. The Kier molecular flexibility index (Phi) is 3.39. The van der Waals surface area contributed by atoms with Gasteiger partial charge in [-0.1, -0.05) is 17.0 Å². The highest BCUT2D eigenvalue weighted by atomic mass is 32.2. The third-order valence-electron chi connectivity index (χ3n) is 1.89. The van der Waals surface area contributed by atoms with E-state index in [1.807, 2.05) is 6.20 Å². The molecule has 5 nitrogen and oxygen atoms in total. The van der Waals surface area contributed by atoms with E-state index in [1.165, 1.54) is 12.2 Å². The number of rotatable bonds is 3. The molecule has 0 atom stereocenters. The van der Waals surface area contributed by atoms with Crippen molar-refractivity contribution in [1.82, 2.24) is 20.3 Å². The molecule has 76 valence electrons. The molecule has 0 saturated carbocycles. The van der Waals surface area contributed by atoms with Gasteiger partial charge in [0.1, 0.15) is 0 Å². The Hall–Kier alpha value is -1.04. The SMILES string of the molecule is c1cn(CCNC2=NCCCS2)nn1. The first-order valence-electron chi connectivity index (χ1n) is 4.70. The molecule has 1 aromatic rings. The topological polar surface area (TPSA) is 55.1 Å². The fraction of sp³-hybridized carbons (Fsp3) is 0.625. The highest BCUT2D eigenvalue weighted by Gasteiger charge is 2.04. The average Bonchev–Trinajstić information content (AvgIpc) is 2.72. The van der Waals surface area contributed by atoms with E-state index in [-0.39, 0.29) is 0 Å². The Labute approximate surface area is 87.0 Å². The molecule has 6 heteroatoms. The molecule has 0 fully saturated rings. The molecule has 1 N–H and O–H groups in total. The predicted octanol–water partition coefficient (Wildman–Crippen LogP) is 0.361. The van der Waals surface area contributed by atoms with E-state index in [2.05, 4.69) is 20.6 Å². The minimum absolute atomic E-state index is 0.833. The number of nitrogens with one attached hydrogen (secondary N) is 1. The molecular formula is C8H13N5S. The van der Waals surface area contributed by atoms with E-state index in [4.69, 9.17) is 0 Å². The van der Waals surface area contributed by atoms with Crippen molar-refractivity contribution in [3.8, 4) is 0 Å². The summed E-state index contributed by atoms with van der Waals surface area (Å²) in [6.45, 7) is 2.65. The van der Waals surface area contributed by atoms with Crippen LogP contribution in [0, 0.1) is 0 Å². The van der Waals surface area contributed by atoms with Crippen LogP contribution in [0.25, 0.3) is 0 Å². The van der Waals surface area contributed by atoms with Gasteiger partial charge in [0.2, 0.25) is 0 Å². The Morgan fingerprint density at radius 1 is 1.57 bits per heavy atom. The van der Waals surface area contributed by atoms with E-state index >= 15 is 0 Å². The molecule has 0 unspecified atom stereocenters. The summed E-state index contributed by atoms with van der Waals surface area (Å²) in [5, 5.41) is 12.0. The third kappa shape index (κ3) is 2.73. The number of amidine groups is 1. The van der Waals surface area contributed by atoms with Crippen LogP contribution in [0.1, 0.15) is 6.42 Å². The summed E-state index contributed by atoms with van der Waals surface area (Å²) < 4.78 is 1.81. The number of aliphatic imine (C=N–C) groups is 1. The van der Waals surface area contributed by atoms with Crippen LogP contribution in [0.2, 0.25) is 0 Å². The summed E-state index contributed by atoms with van der Waals surface area (Å²) in [6.07, 6.45) is 4.74. The Morgan fingerprint density at radius 3 is 3.29 bits per heavy atom. The van der Waals surface area contributed by atoms with Gasteiger partial charge < -0.3 is 5.32 Å². The van der Waals surface area contributed by atoms with Crippen molar-refractivity contribution in [2.24, 2.45) is 4.99 Å². The maximum Gasteiger partial charge on any atom is 0.156 e. The molecule has 0 amide bonds. The molecule has 0 saturated heterocycles. The monoisotopic (exact) mass is 211 g/mol. The first-order valence-corrected chi connectivity index (χ1v) is 5.69. The summed E-state index contributed by atoms with van der Waals surface area (Å²) in [7, 11) is 0. The molecule has 0 bridgehead atoms. The highest BCUT2D eigenvalue weighted by molar-refractivity contribution is 8.13. The van der Waals surface area contributed by atoms with Gasteiger partial charge in [-0.3, -0.25) is 9.67 Å². The average molecular weight is 211 g/mol. The van der Waals surface area contributed by atoms with E-state index < -0.39 is 0 Å². The Morgan fingerprint density at radius 2 is 2.57 bits per heavy atom. The fourth-order valence-electron chi connectivity index (χ4n) is 1.20. The number of hydrogen-bond donors (Lipinski definition) is 1. The molecule has 1 aliphatic rings. The highest BCUT2D eigenvalue weighted by Crippen LogP contribution is 2.09. The van der Waals surface area contributed by atoms with Crippen LogP contribution in [0.15, 0.2) is 17.4 Å². The number of hydrogen-bond acceptors (Lipinski definition) is 5. The minimum atomic E-state index is 0.833. The van der Waals surface area contributed by atoms with E-state index in [0.29, 0.717) is 0 Å². The second kappa shape index (κ2) is 4.99. The van der Waals surface area contributed by atoms with Gasteiger partial charge in [0.05, 0.1) is 12.7 Å². The summed E-state index contributed by atoms with van der Waals surface area (Å²) in [6, 6.07) is 0. The quantitative estimate of drug-likeness (QED) is 0.784. The molecular weight excluding hydrogens is 198 g/mol. The minimum Gasteiger partial charge on any atom is -0.363 e. The predicted molar refractivity (Wildman–Crippen MR) is 57.4 cm³/mol. The summed E-state index contributed by atoms with van der Waals surface area (Å²) in [5.74, 6) is 1.18. The zero-order chi connectivity index (χ0) is 9.64. The Balaban J connectivity index is 1.70. The van der Waals surface area contributed by atoms with Gasteiger partial charge in [-0.25, -0.2) is 0 Å². The molecule has 2 rings (SSSR count).